The van der Waals surface area contributed by atoms with Crippen LogP contribution in [0.15, 0.2) is 18.6 Å². The number of hydrogen-bond donors (Lipinski definition) is 3. The molecular formula is C37H55N6O6Y+2. The van der Waals surface area contributed by atoms with Crippen LogP contribution in [-0.4, -0.2) is 80.8 Å². The molecule has 2 heterocycles. The first-order chi connectivity index (χ1) is 23.2. The van der Waals surface area contributed by atoms with Gasteiger partial charge in [-0.15, -0.1) is 5.41 Å². The fraction of sp³-hybridized carbons (Fsp3) is 0.703. The van der Waals surface area contributed by atoms with Crippen molar-refractivity contribution in [2.45, 2.75) is 143 Å². The molecular weight excluding hydrogens is 713 g/mol. The number of hydrogen-bond acceptors (Lipinski definition) is 8. The topological polar surface area (TPSA) is 168 Å². The number of nitrogens with zero attached hydrogens (tertiary/aromatic N) is 3. The van der Waals surface area contributed by atoms with E-state index >= 15 is 0 Å². The summed E-state index contributed by atoms with van der Waals surface area (Å²) in [6.07, 6.45) is 14.3. The van der Waals surface area contributed by atoms with Gasteiger partial charge in [0.05, 0.1) is 12.2 Å². The Balaban J connectivity index is 0.00000676. The molecule has 2 aliphatic carbocycles. The van der Waals surface area contributed by atoms with E-state index in [0.29, 0.717) is 19.4 Å². The van der Waals surface area contributed by atoms with Crippen LogP contribution in [-0.2, 0) is 56.7 Å². The molecule has 13 heteroatoms. The Morgan fingerprint density at radius 1 is 0.960 bits per heavy atom. The van der Waals surface area contributed by atoms with Gasteiger partial charge in [-0.3, -0.25) is 39.7 Å². The summed E-state index contributed by atoms with van der Waals surface area (Å²) in [5, 5.41) is 8.75. The van der Waals surface area contributed by atoms with Gasteiger partial charge in [-0.1, -0.05) is 85.5 Å². The second-order valence-corrected chi connectivity index (χ2v) is 15.4. The van der Waals surface area contributed by atoms with Crippen LogP contribution < -0.4 is 16.0 Å². The summed E-state index contributed by atoms with van der Waals surface area (Å²) in [4.78, 5) is 90.8. The van der Waals surface area contributed by atoms with Crippen LogP contribution in [0.4, 0.5) is 0 Å². The predicted molar refractivity (Wildman–Crippen MR) is 184 cm³/mol. The summed E-state index contributed by atoms with van der Waals surface area (Å²) in [7, 11) is 0. The Kier molecular flexibility index (Phi) is 15.3. The van der Waals surface area contributed by atoms with Crippen molar-refractivity contribution < 1.29 is 61.5 Å². The summed E-state index contributed by atoms with van der Waals surface area (Å²) in [6.45, 7) is 10.9. The molecule has 2 saturated carbocycles. The molecule has 0 aromatic carbocycles. The molecule has 12 nitrogen and oxygen atoms in total. The molecule has 4 amide bonds. The Morgan fingerprint density at radius 3 is 2.16 bits per heavy atom. The maximum absolute atomic E-state index is 14.8. The molecule has 4 rings (SSSR count). The molecule has 3 aliphatic rings. The van der Waals surface area contributed by atoms with E-state index in [9.17, 15) is 28.8 Å². The second-order valence-electron chi connectivity index (χ2n) is 15.4. The first-order valence-corrected chi connectivity index (χ1v) is 18.1. The van der Waals surface area contributed by atoms with Crippen LogP contribution in [0, 0.1) is 22.7 Å². The average Bonchev–Trinajstić information content (AvgIpc) is 3.36. The fourth-order valence-electron chi connectivity index (χ4n) is 7.99. The van der Waals surface area contributed by atoms with E-state index in [2.05, 4.69) is 25.9 Å². The minimum Gasteiger partial charge on any atom is -0.360 e. The number of ketones is 2. The van der Waals surface area contributed by atoms with Crippen molar-refractivity contribution in [2.24, 2.45) is 16.7 Å². The number of amides is 4. The first kappa shape index (κ1) is 41.8. The minimum absolute atomic E-state index is 0. The van der Waals surface area contributed by atoms with Gasteiger partial charge in [0, 0.05) is 19.3 Å². The van der Waals surface area contributed by atoms with Crippen molar-refractivity contribution in [2.75, 3.05) is 6.54 Å². The number of likely N-dealkylation sites (tertiary alicyclic amines) is 1. The number of carbonyl (C=O) groups is 6. The van der Waals surface area contributed by atoms with Gasteiger partial charge in [0.25, 0.3) is 5.91 Å². The molecule has 50 heavy (non-hydrogen) atoms. The molecule has 1 aliphatic heterocycles. The van der Waals surface area contributed by atoms with E-state index in [4.69, 9.17) is 0 Å². The Morgan fingerprint density at radius 2 is 1.60 bits per heavy atom. The Hall–Kier alpha value is -2.60. The summed E-state index contributed by atoms with van der Waals surface area (Å²) in [6, 6.07) is -3.85. The average molecular weight is 769 g/mol. The summed E-state index contributed by atoms with van der Waals surface area (Å²) in [5.41, 5.74) is -1.02. The van der Waals surface area contributed by atoms with Crippen LogP contribution in [0.5, 0.6) is 0 Å². The van der Waals surface area contributed by atoms with Gasteiger partial charge in [-0.25, -0.2) is 4.98 Å². The van der Waals surface area contributed by atoms with Crippen molar-refractivity contribution in [3.8, 4) is 0 Å². The van der Waals surface area contributed by atoms with Crippen LogP contribution in [0.2, 0.25) is 0 Å². The zero-order chi connectivity index (χ0) is 35.9. The van der Waals surface area contributed by atoms with Gasteiger partial charge >= 0.3 is 32.7 Å². The van der Waals surface area contributed by atoms with Crippen molar-refractivity contribution in [1.82, 2.24) is 30.8 Å². The molecule has 3 N–H and O–H groups in total. The third-order valence-electron chi connectivity index (χ3n) is 10.8. The number of aromatic nitrogens is 2. The maximum Gasteiger partial charge on any atom is 3.00 e. The predicted octanol–water partition coefficient (Wildman–Crippen LogP) is 3.88. The molecule has 4 unspecified atom stereocenters. The Labute approximate surface area is 322 Å². The molecule has 0 bridgehead atoms. The zero-order valence-corrected chi connectivity index (χ0v) is 33.5. The van der Waals surface area contributed by atoms with Crippen LogP contribution in [0.3, 0.4) is 0 Å². The van der Waals surface area contributed by atoms with E-state index < -0.39 is 64.8 Å². The molecule has 3 fully saturated rings. The Bertz CT molecular complexity index is 1370. The first-order valence-electron chi connectivity index (χ1n) is 18.1. The van der Waals surface area contributed by atoms with Gasteiger partial charge in [-0.2, -0.15) is 6.92 Å². The van der Waals surface area contributed by atoms with Gasteiger partial charge in [0.1, 0.15) is 17.8 Å². The SMILES string of the molecule is CCCC(NC(=O)C1[C-](C)C2(CCCCC2)CN1C(=O)C(NC(=O)C(NC(=O)c1cnccn1)C1CCCCC1)C(C)(C)C)C(=O)C(C)=O.[Y+3]. The molecule has 1 spiro atoms. The summed E-state index contributed by atoms with van der Waals surface area (Å²) in [5.74, 6) is -2.39. The quantitative estimate of drug-likeness (QED) is 0.213. The molecule has 1 aromatic heterocycles. The number of Topliss-reactive ketones (excluding diaryl/α,β-unsaturated/α-hetero) is 2. The third-order valence-corrected chi connectivity index (χ3v) is 10.8. The number of carbonyl (C=O) groups excluding carboxylic acids is 6. The normalized spacial score (nSPS) is 21.3. The standard InChI is InChI=1S/C37H55N6O6.Y/c1-7-14-26(30(45)24(3)44)40-34(48)29-23(2)37(17-12-9-13-18-37)22-43(29)35(49)31(36(4,5)6)42-33(47)28(25-15-10-8-11-16-25)41-32(46)27-21-38-19-20-39-27;/h19-21,25-26,28-29,31H,7-18,22H2,1-6H3,(H,40,48)(H,41,46)(H,42,47);/q-1;+3. The minimum atomic E-state index is -1.02. The van der Waals surface area contributed by atoms with E-state index in [1.54, 1.807) is 4.90 Å². The van der Waals surface area contributed by atoms with E-state index in [1.165, 1.54) is 25.5 Å². The summed E-state index contributed by atoms with van der Waals surface area (Å²) >= 11 is 0. The zero-order valence-electron chi connectivity index (χ0n) is 30.7. The van der Waals surface area contributed by atoms with Gasteiger partial charge in [0.2, 0.25) is 23.5 Å². The van der Waals surface area contributed by atoms with Gasteiger partial charge in [0.15, 0.2) is 5.78 Å². The van der Waals surface area contributed by atoms with Gasteiger partial charge in [-0.05, 0) is 43.2 Å². The van der Waals surface area contributed by atoms with Crippen molar-refractivity contribution in [3.63, 3.8) is 0 Å². The molecule has 4 atom stereocenters. The third kappa shape index (κ3) is 9.84. The van der Waals surface area contributed by atoms with Crippen molar-refractivity contribution in [1.29, 1.82) is 0 Å². The van der Waals surface area contributed by atoms with Crippen LogP contribution in [0.25, 0.3) is 0 Å². The van der Waals surface area contributed by atoms with E-state index in [-0.39, 0.29) is 49.7 Å². The van der Waals surface area contributed by atoms with E-state index in [0.717, 1.165) is 70.1 Å². The van der Waals surface area contributed by atoms with Gasteiger partial charge < -0.3 is 20.9 Å². The smallest absolute Gasteiger partial charge is 0.360 e. The van der Waals surface area contributed by atoms with Crippen molar-refractivity contribution >= 4 is 35.2 Å². The maximum atomic E-state index is 14.8. The number of nitrogens with one attached hydrogen (secondary N) is 3. The molecule has 1 saturated heterocycles. The van der Waals surface area contributed by atoms with Crippen LogP contribution >= 0.6 is 0 Å². The molecule has 0 radical (unpaired) electrons. The second kappa shape index (κ2) is 18.2. The number of rotatable bonds is 12. The fourth-order valence-corrected chi connectivity index (χ4v) is 7.99. The van der Waals surface area contributed by atoms with Crippen molar-refractivity contribution in [3.05, 3.63) is 30.2 Å². The summed E-state index contributed by atoms with van der Waals surface area (Å²) < 4.78 is 0. The van der Waals surface area contributed by atoms with E-state index in [1.807, 2.05) is 34.6 Å². The monoisotopic (exact) mass is 768 g/mol. The van der Waals surface area contributed by atoms with Crippen LogP contribution in [0.1, 0.15) is 129 Å². The largest absolute Gasteiger partial charge is 3.00 e. The molecule has 270 valence electrons. The molecule has 1 aromatic rings.